The fourth-order valence-electron chi connectivity index (χ4n) is 1.98. The lowest BCUT2D eigenvalue weighted by molar-refractivity contribution is -0.385. The molecule has 1 heterocycles. The Kier molecular flexibility index (Phi) is 4.65. The number of amides is 1. The molecule has 7 heteroatoms. The summed E-state index contributed by atoms with van der Waals surface area (Å²) < 4.78 is 0. The number of nitrogens with zero attached hydrogens (tertiary/aromatic N) is 2. The summed E-state index contributed by atoms with van der Waals surface area (Å²) in [6.45, 7) is 2.22. The Hall–Kier alpha value is -2.70. The van der Waals surface area contributed by atoms with Gasteiger partial charge < -0.3 is 10.3 Å². The van der Waals surface area contributed by atoms with Crippen LogP contribution in [0.1, 0.15) is 28.2 Å². The van der Waals surface area contributed by atoms with E-state index in [4.69, 9.17) is 0 Å². The highest BCUT2D eigenvalue weighted by molar-refractivity contribution is 5.98. The number of imidazole rings is 1. The molecule has 0 bridgehead atoms. The van der Waals surface area contributed by atoms with E-state index >= 15 is 0 Å². The van der Waals surface area contributed by atoms with Crippen LogP contribution in [-0.4, -0.2) is 27.3 Å². The number of carbonyl (C=O) groups excluding carboxylic acids is 1. The summed E-state index contributed by atoms with van der Waals surface area (Å²) in [6.07, 6.45) is 4.83. The lowest BCUT2D eigenvalue weighted by Crippen LogP contribution is -2.25. The number of rotatable bonds is 6. The van der Waals surface area contributed by atoms with Crippen molar-refractivity contribution in [3.63, 3.8) is 0 Å². The highest BCUT2D eigenvalue weighted by Crippen LogP contribution is 2.19. The van der Waals surface area contributed by atoms with Crippen LogP contribution in [-0.2, 0) is 6.42 Å². The number of aromatic nitrogens is 2. The maximum absolute atomic E-state index is 12.0. The second-order valence-corrected chi connectivity index (χ2v) is 4.67. The molecule has 21 heavy (non-hydrogen) atoms. The molecule has 1 aromatic carbocycles. The molecule has 0 unspecified atom stereocenters. The summed E-state index contributed by atoms with van der Waals surface area (Å²) >= 11 is 0. The molecule has 1 aromatic heterocycles. The molecule has 0 fully saturated rings. The van der Waals surface area contributed by atoms with Crippen LogP contribution in [0.2, 0.25) is 0 Å². The Morgan fingerprint density at radius 2 is 2.29 bits per heavy atom. The van der Waals surface area contributed by atoms with E-state index in [-0.39, 0.29) is 11.3 Å². The molecular weight excluding hydrogens is 272 g/mol. The number of nitrogens with one attached hydrogen (secondary N) is 2. The van der Waals surface area contributed by atoms with Crippen LogP contribution in [0, 0.1) is 17.0 Å². The van der Waals surface area contributed by atoms with Crippen molar-refractivity contribution in [1.29, 1.82) is 0 Å². The van der Waals surface area contributed by atoms with Crippen LogP contribution in [0.3, 0.4) is 0 Å². The highest BCUT2D eigenvalue weighted by Gasteiger charge is 2.19. The fourth-order valence-corrected chi connectivity index (χ4v) is 1.98. The Labute approximate surface area is 121 Å². The largest absolute Gasteiger partial charge is 0.352 e. The van der Waals surface area contributed by atoms with E-state index in [2.05, 4.69) is 15.3 Å². The second kappa shape index (κ2) is 6.65. The Balaban J connectivity index is 1.93. The molecule has 0 aliphatic carbocycles. The predicted molar refractivity (Wildman–Crippen MR) is 77.1 cm³/mol. The van der Waals surface area contributed by atoms with Gasteiger partial charge in [-0.25, -0.2) is 4.98 Å². The first kappa shape index (κ1) is 14.7. The van der Waals surface area contributed by atoms with Gasteiger partial charge in [-0.05, 0) is 25.0 Å². The molecule has 2 rings (SSSR count). The zero-order chi connectivity index (χ0) is 15.2. The molecule has 0 saturated carbocycles. The molecule has 0 aliphatic rings. The molecule has 0 radical (unpaired) electrons. The van der Waals surface area contributed by atoms with E-state index in [1.165, 1.54) is 12.1 Å². The van der Waals surface area contributed by atoms with Gasteiger partial charge in [0.05, 0.1) is 4.92 Å². The molecule has 7 nitrogen and oxygen atoms in total. The van der Waals surface area contributed by atoms with Crippen molar-refractivity contribution in [2.24, 2.45) is 0 Å². The quantitative estimate of drug-likeness (QED) is 0.482. The summed E-state index contributed by atoms with van der Waals surface area (Å²) in [4.78, 5) is 29.5. The van der Waals surface area contributed by atoms with E-state index in [1.54, 1.807) is 25.4 Å². The van der Waals surface area contributed by atoms with Crippen LogP contribution in [0.5, 0.6) is 0 Å². The smallest absolute Gasteiger partial charge is 0.282 e. The van der Waals surface area contributed by atoms with Crippen LogP contribution >= 0.6 is 0 Å². The van der Waals surface area contributed by atoms with Gasteiger partial charge in [-0.15, -0.1) is 0 Å². The monoisotopic (exact) mass is 288 g/mol. The minimum Gasteiger partial charge on any atom is -0.352 e. The summed E-state index contributed by atoms with van der Waals surface area (Å²) in [5.74, 6) is 0.427. The average molecular weight is 288 g/mol. The number of carbonyl (C=O) groups is 1. The van der Waals surface area contributed by atoms with Gasteiger partial charge in [0.2, 0.25) is 0 Å². The average Bonchev–Trinajstić information content (AvgIpc) is 2.96. The Morgan fingerprint density at radius 3 is 2.95 bits per heavy atom. The van der Waals surface area contributed by atoms with Crippen molar-refractivity contribution in [3.8, 4) is 0 Å². The SMILES string of the molecule is Cc1ccc([N+](=O)[O-])c(C(=O)NCCCc2ncc[nH]2)c1. The first-order valence-corrected chi connectivity index (χ1v) is 6.59. The molecule has 1 amide bonds. The van der Waals surface area contributed by atoms with E-state index < -0.39 is 10.8 Å². The van der Waals surface area contributed by atoms with Gasteiger partial charge in [0.15, 0.2) is 0 Å². The fraction of sp³-hybridized carbons (Fsp3) is 0.286. The lowest BCUT2D eigenvalue weighted by atomic mass is 10.1. The van der Waals surface area contributed by atoms with E-state index in [0.29, 0.717) is 19.4 Å². The van der Waals surface area contributed by atoms with Crippen molar-refractivity contribution in [2.45, 2.75) is 19.8 Å². The Morgan fingerprint density at radius 1 is 1.48 bits per heavy atom. The summed E-state index contributed by atoms with van der Waals surface area (Å²) in [5.41, 5.74) is 0.725. The standard InChI is InChI=1S/C14H16N4O3/c1-10-4-5-12(18(20)21)11(9-10)14(19)17-6-2-3-13-15-7-8-16-13/h4-5,7-9H,2-3,6H2,1H3,(H,15,16)(H,17,19). The molecule has 2 N–H and O–H groups in total. The zero-order valence-electron chi connectivity index (χ0n) is 11.6. The number of hydrogen-bond donors (Lipinski definition) is 2. The normalized spacial score (nSPS) is 10.3. The minimum absolute atomic E-state index is 0.0954. The number of hydrogen-bond acceptors (Lipinski definition) is 4. The van der Waals surface area contributed by atoms with E-state index in [1.807, 2.05) is 0 Å². The molecular formula is C14H16N4O3. The van der Waals surface area contributed by atoms with Crippen LogP contribution in [0.25, 0.3) is 0 Å². The van der Waals surface area contributed by atoms with Gasteiger partial charge in [0.1, 0.15) is 11.4 Å². The number of aromatic amines is 1. The lowest BCUT2D eigenvalue weighted by Gasteiger charge is -2.06. The number of aryl methyl sites for hydroxylation is 2. The topological polar surface area (TPSA) is 101 Å². The number of benzene rings is 1. The van der Waals surface area contributed by atoms with Gasteiger partial charge >= 0.3 is 0 Å². The molecule has 110 valence electrons. The van der Waals surface area contributed by atoms with Crippen molar-refractivity contribution < 1.29 is 9.72 Å². The maximum atomic E-state index is 12.0. The number of H-pyrrole nitrogens is 1. The maximum Gasteiger partial charge on any atom is 0.282 e. The third kappa shape index (κ3) is 3.88. The van der Waals surface area contributed by atoms with Gasteiger partial charge in [-0.3, -0.25) is 14.9 Å². The van der Waals surface area contributed by atoms with Crippen LogP contribution < -0.4 is 5.32 Å². The van der Waals surface area contributed by atoms with Gasteiger partial charge in [-0.2, -0.15) is 0 Å². The first-order valence-electron chi connectivity index (χ1n) is 6.59. The van der Waals surface area contributed by atoms with Crippen molar-refractivity contribution in [1.82, 2.24) is 15.3 Å². The molecule has 0 aliphatic heterocycles. The minimum atomic E-state index is -0.544. The molecule has 0 atom stereocenters. The van der Waals surface area contributed by atoms with Crippen molar-refractivity contribution in [3.05, 3.63) is 57.7 Å². The van der Waals surface area contributed by atoms with Crippen LogP contribution in [0.4, 0.5) is 5.69 Å². The zero-order valence-corrected chi connectivity index (χ0v) is 11.6. The van der Waals surface area contributed by atoms with Crippen LogP contribution in [0.15, 0.2) is 30.6 Å². The van der Waals surface area contributed by atoms with Gasteiger partial charge in [0, 0.05) is 31.4 Å². The summed E-state index contributed by atoms with van der Waals surface area (Å²) in [5, 5.41) is 13.6. The first-order chi connectivity index (χ1) is 10.1. The predicted octanol–water partition coefficient (Wildman–Crippen LogP) is 1.99. The van der Waals surface area contributed by atoms with Gasteiger partial charge in [-0.1, -0.05) is 6.07 Å². The van der Waals surface area contributed by atoms with Gasteiger partial charge in [0.25, 0.3) is 11.6 Å². The number of nitro groups is 1. The molecule has 0 spiro atoms. The third-order valence-electron chi connectivity index (χ3n) is 3.02. The third-order valence-corrected chi connectivity index (χ3v) is 3.02. The highest BCUT2D eigenvalue weighted by atomic mass is 16.6. The van der Waals surface area contributed by atoms with E-state index in [9.17, 15) is 14.9 Å². The summed E-state index contributed by atoms with van der Waals surface area (Å²) in [7, 11) is 0. The Bertz CT molecular complexity index is 638. The van der Waals surface area contributed by atoms with Crippen molar-refractivity contribution >= 4 is 11.6 Å². The van der Waals surface area contributed by atoms with Crippen molar-refractivity contribution in [2.75, 3.05) is 6.54 Å². The summed E-state index contributed by atoms with van der Waals surface area (Å²) in [6, 6.07) is 4.50. The second-order valence-electron chi connectivity index (χ2n) is 4.67. The number of nitro benzene ring substituents is 1. The van der Waals surface area contributed by atoms with E-state index in [0.717, 1.165) is 11.4 Å². The molecule has 2 aromatic rings. The molecule has 0 saturated heterocycles.